The van der Waals surface area contributed by atoms with E-state index in [1.54, 1.807) is 28.4 Å². The van der Waals surface area contributed by atoms with Gasteiger partial charge in [-0.3, -0.25) is 4.79 Å². The molecule has 0 spiro atoms. The van der Waals surface area contributed by atoms with Gasteiger partial charge in [0.2, 0.25) is 0 Å². The fourth-order valence-electron chi connectivity index (χ4n) is 2.99. The van der Waals surface area contributed by atoms with Crippen molar-refractivity contribution in [3.05, 3.63) is 0 Å². The lowest BCUT2D eigenvalue weighted by molar-refractivity contribution is -0.148. The van der Waals surface area contributed by atoms with E-state index in [9.17, 15) is 4.79 Å². The maximum absolute atomic E-state index is 11.3. The van der Waals surface area contributed by atoms with Crippen molar-refractivity contribution < 1.29 is 66.4 Å². The van der Waals surface area contributed by atoms with Crippen LogP contribution in [0, 0.1) is 0 Å². The Hall–Kier alpha value is -1.01. The van der Waals surface area contributed by atoms with Gasteiger partial charge < -0.3 is 61.6 Å². The number of hydrogen-bond donors (Lipinski definition) is 0. The lowest BCUT2D eigenvalue weighted by atomic mass is 10.4. The quantitative estimate of drug-likeness (QED) is 0.0756. The SMILES string of the molecule is COCCOCC(COCCOCC(COC(C)=O)OCCOCC(COCCOC)OCCOC)OCCOC. The summed E-state index contributed by atoms with van der Waals surface area (Å²) in [5.41, 5.74) is 0. The van der Waals surface area contributed by atoms with E-state index >= 15 is 0 Å². The number of hydrogen-bond acceptors (Lipinski definition) is 14. The van der Waals surface area contributed by atoms with Gasteiger partial charge in [-0.25, -0.2) is 0 Å². The van der Waals surface area contributed by atoms with Crippen molar-refractivity contribution in [2.75, 3.05) is 147 Å². The molecular formula is C27H54O14. The predicted octanol–water partition coefficient (Wildman–Crippen LogP) is 0.374. The zero-order chi connectivity index (χ0) is 30.2. The summed E-state index contributed by atoms with van der Waals surface area (Å²) in [4.78, 5) is 11.3. The molecule has 41 heavy (non-hydrogen) atoms. The van der Waals surface area contributed by atoms with Crippen LogP contribution in [0.5, 0.6) is 0 Å². The Morgan fingerprint density at radius 1 is 0.415 bits per heavy atom. The van der Waals surface area contributed by atoms with E-state index < -0.39 is 12.1 Å². The van der Waals surface area contributed by atoms with E-state index in [-0.39, 0.29) is 32.0 Å². The lowest BCUT2D eigenvalue weighted by Gasteiger charge is -2.20. The molecule has 0 heterocycles. The molecule has 0 aliphatic carbocycles. The third kappa shape index (κ3) is 28.9. The minimum atomic E-state index is -0.451. The predicted molar refractivity (Wildman–Crippen MR) is 147 cm³/mol. The Balaban J connectivity index is 4.30. The first-order valence-electron chi connectivity index (χ1n) is 13.9. The van der Waals surface area contributed by atoms with Gasteiger partial charge in [0.1, 0.15) is 24.9 Å². The van der Waals surface area contributed by atoms with Crippen molar-refractivity contribution in [3.8, 4) is 0 Å². The minimum absolute atomic E-state index is 0.0700. The second-order valence-electron chi connectivity index (χ2n) is 8.63. The van der Waals surface area contributed by atoms with E-state index in [1.807, 2.05) is 0 Å². The average Bonchev–Trinajstić information content (AvgIpc) is 2.96. The molecule has 3 atom stereocenters. The van der Waals surface area contributed by atoms with Gasteiger partial charge in [-0.05, 0) is 0 Å². The van der Waals surface area contributed by atoms with Gasteiger partial charge in [0, 0.05) is 35.4 Å². The smallest absolute Gasteiger partial charge is 0.302 e. The number of ether oxygens (including phenoxy) is 13. The van der Waals surface area contributed by atoms with Gasteiger partial charge in [0.25, 0.3) is 0 Å². The maximum atomic E-state index is 11.3. The lowest BCUT2D eigenvalue weighted by Crippen LogP contribution is -2.31. The third-order valence-corrected chi connectivity index (χ3v) is 5.09. The topological polar surface area (TPSA) is 137 Å². The Labute approximate surface area is 245 Å². The second kappa shape index (κ2) is 31.9. The van der Waals surface area contributed by atoms with E-state index in [0.29, 0.717) is 99.1 Å². The van der Waals surface area contributed by atoms with Crippen molar-refractivity contribution in [2.45, 2.75) is 25.2 Å². The molecule has 0 amide bonds. The number of carbonyl (C=O) groups is 1. The summed E-state index contributed by atoms with van der Waals surface area (Å²) in [6, 6.07) is 0. The standard InChI is InChI=1S/C27H54O14/c1-24(28)41-23-27(40-17-14-37-21-26(39-16-9-32-5)19-34-11-7-30-3)22-36-13-12-35-20-25(38-15-8-31-4)18-33-10-6-29-2/h25-27H,6-23H2,1-5H3. The second-order valence-corrected chi connectivity index (χ2v) is 8.63. The van der Waals surface area contributed by atoms with E-state index in [2.05, 4.69) is 0 Å². The van der Waals surface area contributed by atoms with Crippen LogP contribution in [0.1, 0.15) is 6.92 Å². The first-order chi connectivity index (χ1) is 20.1. The third-order valence-electron chi connectivity index (χ3n) is 5.09. The van der Waals surface area contributed by atoms with Crippen molar-refractivity contribution in [2.24, 2.45) is 0 Å². The summed E-state index contributed by atoms with van der Waals surface area (Å²) in [6.07, 6.45) is -0.930. The summed E-state index contributed by atoms with van der Waals surface area (Å²) in [5.74, 6) is -0.394. The zero-order valence-corrected chi connectivity index (χ0v) is 25.7. The molecule has 0 aromatic carbocycles. The molecule has 0 saturated carbocycles. The van der Waals surface area contributed by atoms with Crippen LogP contribution in [0.25, 0.3) is 0 Å². The van der Waals surface area contributed by atoms with Crippen molar-refractivity contribution in [3.63, 3.8) is 0 Å². The molecular weight excluding hydrogens is 548 g/mol. The molecule has 3 unspecified atom stereocenters. The van der Waals surface area contributed by atoms with Gasteiger partial charge in [-0.15, -0.1) is 0 Å². The van der Waals surface area contributed by atoms with Gasteiger partial charge in [0.05, 0.1) is 112 Å². The number of methoxy groups -OCH3 is 4. The molecule has 0 aliphatic heterocycles. The molecule has 14 heteroatoms. The first kappa shape index (κ1) is 40.0. The average molecular weight is 603 g/mol. The molecule has 0 aliphatic rings. The fourth-order valence-corrected chi connectivity index (χ4v) is 2.99. The fraction of sp³-hybridized carbons (Fsp3) is 0.963. The Bertz CT molecular complexity index is 542. The van der Waals surface area contributed by atoms with Crippen LogP contribution in [0.15, 0.2) is 0 Å². The highest BCUT2D eigenvalue weighted by Gasteiger charge is 2.14. The number of esters is 1. The Morgan fingerprint density at radius 2 is 0.683 bits per heavy atom. The first-order valence-corrected chi connectivity index (χ1v) is 13.9. The van der Waals surface area contributed by atoms with Gasteiger partial charge >= 0.3 is 5.97 Å². The highest BCUT2D eigenvalue weighted by atomic mass is 16.6. The van der Waals surface area contributed by atoms with Crippen LogP contribution in [-0.4, -0.2) is 172 Å². The van der Waals surface area contributed by atoms with E-state index in [4.69, 9.17) is 61.6 Å². The van der Waals surface area contributed by atoms with Crippen LogP contribution >= 0.6 is 0 Å². The molecule has 0 N–H and O–H groups in total. The van der Waals surface area contributed by atoms with Gasteiger partial charge in [-0.1, -0.05) is 0 Å². The largest absolute Gasteiger partial charge is 0.463 e. The molecule has 0 saturated heterocycles. The van der Waals surface area contributed by atoms with Crippen molar-refractivity contribution >= 4 is 5.97 Å². The zero-order valence-electron chi connectivity index (χ0n) is 25.7. The van der Waals surface area contributed by atoms with E-state index in [1.165, 1.54) is 6.92 Å². The summed E-state index contributed by atoms with van der Waals surface area (Å²) < 4.78 is 70.6. The van der Waals surface area contributed by atoms with Crippen LogP contribution in [0.3, 0.4) is 0 Å². The molecule has 0 rings (SSSR count). The van der Waals surface area contributed by atoms with Crippen LogP contribution in [-0.2, 0) is 66.4 Å². The van der Waals surface area contributed by atoms with Gasteiger partial charge in [0.15, 0.2) is 0 Å². The number of rotatable bonds is 33. The molecule has 0 radical (unpaired) electrons. The summed E-state index contributed by atoms with van der Waals surface area (Å²) in [5, 5.41) is 0. The molecule has 0 bridgehead atoms. The molecule has 0 fully saturated rings. The van der Waals surface area contributed by atoms with Crippen LogP contribution in [0.2, 0.25) is 0 Å². The highest BCUT2D eigenvalue weighted by molar-refractivity contribution is 5.65. The Kier molecular flexibility index (Phi) is 31.1. The van der Waals surface area contributed by atoms with Gasteiger partial charge in [-0.2, -0.15) is 0 Å². The summed E-state index contributed by atoms with van der Waals surface area (Å²) >= 11 is 0. The molecule has 14 nitrogen and oxygen atoms in total. The minimum Gasteiger partial charge on any atom is -0.463 e. The highest BCUT2D eigenvalue weighted by Crippen LogP contribution is 2.01. The summed E-state index contributed by atoms with van der Waals surface area (Å²) in [7, 11) is 6.47. The number of carbonyl (C=O) groups excluding carboxylic acids is 1. The summed E-state index contributed by atoms with van der Waals surface area (Å²) in [6.45, 7) is 8.15. The Morgan fingerprint density at radius 3 is 1.02 bits per heavy atom. The molecule has 0 aromatic rings. The monoisotopic (exact) mass is 602 g/mol. The molecule has 246 valence electrons. The van der Waals surface area contributed by atoms with Crippen LogP contribution < -0.4 is 0 Å². The van der Waals surface area contributed by atoms with Crippen LogP contribution in [0.4, 0.5) is 0 Å². The van der Waals surface area contributed by atoms with Crippen molar-refractivity contribution in [1.82, 2.24) is 0 Å². The normalized spacial score (nSPS) is 13.8. The van der Waals surface area contributed by atoms with E-state index in [0.717, 1.165) is 0 Å². The molecule has 0 aromatic heterocycles. The van der Waals surface area contributed by atoms with Crippen molar-refractivity contribution in [1.29, 1.82) is 0 Å². The maximum Gasteiger partial charge on any atom is 0.302 e.